The third-order valence-corrected chi connectivity index (χ3v) is 5.92. The summed E-state index contributed by atoms with van der Waals surface area (Å²) in [7, 11) is 2.10. The topological polar surface area (TPSA) is 62.1 Å². The van der Waals surface area contributed by atoms with Gasteiger partial charge in [-0.2, -0.15) is 0 Å². The third kappa shape index (κ3) is 4.65. The average Bonchev–Trinajstić information content (AvgIpc) is 3.39. The van der Waals surface area contributed by atoms with Crippen LogP contribution in [0.4, 0.5) is 10.3 Å². The summed E-state index contributed by atoms with van der Waals surface area (Å²) in [4.78, 5) is 18.7. The Labute approximate surface area is 176 Å². The van der Waals surface area contributed by atoms with Crippen molar-refractivity contribution in [2.45, 2.75) is 32.4 Å². The average molecular weight is 416 g/mol. The highest BCUT2D eigenvalue weighted by Crippen LogP contribution is 2.33. The Morgan fingerprint density at radius 1 is 1.23 bits per heavy atom. The summed E-state index contributed by atoms with van der Waals surface area (Å²) >= 11 is 0. The second kappa shape index (κ2) is 9.14. The van der Waals surface area contributed by atoms with E-state index in [2.05, 4.69) is 22.0 Å². The van der Waals surface area contributed by atoms with Crippen molar-refractivity contribution in [1.29, 1.82) is 0 Å². The van der Waals surface area contributed by atoms with Crippen LogP contribution in [0.25, 0.3) is 11.3 Å². The molecule has 0 bridgehead atoms. The van der Waals surface area contributed by atoms with E-state index in [-0.39, 0.29) is 17.8 Å². The van der Waals surface area contributed by atoms with Crippen LogP contribution < -0.4 is 4.90 Å². The van der Waals surface area contributed by atoms with Gasteiger partial charge in [0.2, 0.25) is 11.8 Å². The third-order valence-electron chi connectivity index (χ3n) is 5.92. The molecule has 0 aliphatic carbocycles. The number of hydrogen-bond acceptors (Lipinski definition) is 6. The van der Waals surface area contributed by atoms with Gasteiger partial charge in [0.15, 0.2) is 0 Å². The van der Waals surface area contributed by atoms with Crippen LogP contribution in [0.5, 0.6) is 0 Å². The Morgan fingerprint density at radius 2 is 1.97 bits per heavy atom. The van der Waals surface area contributed by atoms with E-state index in [0.29, 0.717) is 24.7 Å². The summed E-state index contributed by atoms with van der Waals surface area (Å²) in [5.74, 6) is 0.383. The maximum Gasteiger partial charge on any atom is 0.232 e. The summed E-state index contributed by atoms with van der Waals surface area (Å²) in [6.07, 6.45) is 2.05. The number of likely N-dealkylation sites (N-methyl/N-ethyl adjacent to an activating group) is 1. The van der Waals surface area contributed by atoms with Crippen LogP contribution in [0.1, 0.15) is 25.3 Å². The van der Waals surface area contributed by atoms with E-state index in [1.54, 1.807) is 24.0 Å². The van der Waals surface area contributed by atoms with Gasteiger partial charge in [-0.3, -0.25) is 4.79 Å². The molecule has 162 valence electrons. The Kier molecular flexibility index (Phi) is 6.34. The predicted molar refractivity (Wildman–Crippen MR) is 112 cm³/mol. The lowest BCUT2D eigenvalue weighted by molar-refractivity contribution is -0.131. The van der Waals surface area contributed by atoms with Crippen molar-refractivity contribution < 1.29 is 18.4 Å². The van der Waals surface area contributed by atoms with Crippen molar-refractivity contribution in [2.24, 2.45) is 0 Å². The number of carbonyl (C=O) groups excluding carboxylic acids is 1. The van der Waals surface area contributed by atoms with Crippen LogP contribution in [0.2, 0.25) is 0 Å². The number of hydrogen-bond donors (Lipinski definition) is 0. The molecule has 3 heterocycles. The molecule has 2 aromatic rings. The van der Waals surface area contributed by atoms with E-state index < -0.39 is 0 Å². The number of halogens is 1. The quantitative estimate of drug-likeness (QED) is 0.722. The van der Waals surface area contributed by atoms with E-state index in [1.807, 2.05) is 0 Å². The normalized spacial score (nSPS) is 20.0. The van der Waals surface area contributed by atoms with Gasteiger partial charge in [0.05, 0.1) is 18.2 Å². The molecular formula is C22H29FN4O3. The lowest BCUT2D eigenvalue weighted by atomic mass is 10.1. The number of nitrogens with zero attached hydrogens (tertiary/aromatic N) is 4. The van der Waals surface area contributed by atoms with Crippen LogP contribution >= 0.6 is 0 Å². The molecule has 1 unspecified atom stereocenters. The largest absolute Gasteiger partial charge is 0.376 e. The summed E-state index contributed by atoms with van der Waals surface area (Å²) in [5, 5.41) is 4.33. The predicted octanol–water partition coefficient (Wildman–Crippen LogP) is 2.76. The van der Waals surface area contributed by atoms with E-state index in [1.165, 1.54) is 12.1 Å². The van der Waals surface area contributed by atoms with Gasteiger partial charge in [0, 0.05) is 51.8 Å². The summed E-state index contributed by atoms with van der Waals surface area (Å²) in [6, 6.07) is 6.22. The number of benzene rings is 1. The van der Waals surface area contributed by atoms with Crippen LogP contribution in [0.15, 0.2) is 28.8 Å². The highest BCUT2D eigenvalue weighted by molar-refractivity contribution is 5.75. The number of aromatic nitrogens is 1. The zero-order valence-corrected chi connectivity index (χ0v) is 17.6. The van der Waals surface area contributed by atoms with E-state index in [0.717, 1.165) is 56.8 Å². The summed E-state index contributed by atoms with van der Waals surface area (Å²) in [5.41, 5.74) is 2.29. The molecule has 1 aromatic carbocycles. The first-order valence-electron chi connectivity index (χ1n) is 10.6. The minimum atomic E-state index is -0.299. The van der Waals surface area contributed by atoms with Crippen molar-refractivity contribution in [3.63, 3.8) is 0 Å². The number of amides is 1. The monoisotopic (exact) mass is 416 g/mol. The van der Waals surface area contributed by atoms with Crippen LogP contribution in [-0.4, -0.2) is 73.3 Å². The number of rotatable bonds is 6. The van der Waals surface area contributed by atoms with Gasteiger partial charge in [0.1, 0.15) is 11.5 Å². The Bertz CT molecular complexity index is 856. The van der Waals surface area contributed by atoms with Crippen molar-refractivity contribution in [3.05, 3.63) is 35.6 Å². The van der Waals surface area contributed by atoms with Gasteiger partial charge in [0.25, 0.3) is 0 Å². The van der Waals surface area contributed by atoms with Gasteiger partial charge < -0.3 is 24.0 Å². The number of piperazine rings is 1. The maximum atomic E-state index is 13.5. The highest BCUT2D eigenvalue weighted by atomic mass is 19.1. The second-order valence-electron chi connectivity index (χ2n) is 8.15. The number of carbonyl (C=O) groups is 1. The van der Waals surface area contributed by atoms with Crippen molar-refractivity contribution >= 4 is 11.8 Å². The molecule has 0 spiro atoms. The molecule has 1 aromatic heterocycles. The molecule has 0 radical (unpaired) electrons. The molecule has 1 amide bonds. The molecule has 2 aliphatic rings. The minimum Gasteiger partial charge on any atom is -0.376 e. The summed E-state index contributed by atoms with van der Waals surface area (Å²) < 4.78 is 25.0. The fraction of sp³-hybridized carbons (Fsp3) is 0.545. The lowest BCUT2D eigenvalue weighted by Gasteiger charge is -2.33. The van der Waals surface area contributed by atoms with Gasteiger partial charge in [-0.1, -0.05) is 5.16 Å². The molecule has 0 saturated carbocycles. The van der Waals surface area contributed by atoms with Gasteiger partial charge >= 0.3 is 0 Å². The van der Waals surface area contributed by atoms with Crippen molar-refractivity contribution in [3.8, 4) is 11.3 Å². The smallest absolute Gasteiger partial charge is 0.232 e. The zero-order chi connectivity index (χ0) is 21.1. The standard InChI is InChI=1S/C22H29FN4O3/c1-16(28)27(14-19-4-3-13-29-19)15-20-21(17-5-7-18(23)8-6-17)24-30-22(20)26-11-9-25(2)10-12-26/h5-8,19H,3-4,9-15H2,1-2H3. The van der Waals surface area contributed by atoms with E-state index in [9.17, 15) is 9.18 Å². The Hall–Kier alpha value is -2.45. The fourth-order valence-electron chi connectivity index (χ4n) is 4.07. The molecule has 2 aliphatic heterocycles. The van der Waals surface area contributed by atoms with E-state index >= 15 is 0 Å². The Balaban J connectivity index is 1.65. The van der Waals surface area contributed by atoms with Crippen LogP contribution in [-0.2, 0) is 16.1 Å². The van der Waals surface area contributed by atoms with E-state index in [4.69, 9.17) is 9.26 Å². The highest BCUT2D eigenvalue weighted by Gasteiger charge is 2.28. The van der Waals surface area contributed by atoms with Crippen molar-refractivity contribution in [2.75, 3.05) is 51.3 Å². The molecule has 8 heteroatoms. The first-order chi connectivity index (χ1) is 14.5. The zero-order valence-electron chi connectivity index (χ0n) is 17.6. The Morgan fingerprint density at radius 3 is 2.60 bits per heavy atom. The first-order valence-corrected chi connectivity index (χ1v) is 10.6. The second-order valence-corrected chi connectivity index (χ2v) is 8.15. The molecule has 0 N–H and O–H groups in total. The number of ether oxygens (including phenoxy) is 1. The SMILES string of the molecule is CC(=O)N(Cc1c(-c2ccc(F)cc2)noc1N1CCN(C)CC1)CC1CCCO1. The molecular weight excluding hydrogens is 387 g/mol. The summed E-state index contributed by atoms with van der Waals surface area (Å²) in [6.45, 7) is 6.77. The van der Waals surface area contributed by atoms with Gasteiger partial charge in [-0.15, -0.1) is 0 Å². The molecule has 30 heavy (non-hydrogen) atoms. The number of anilines is 1. The first kappa shape index (κ1) is 20.8. The molecule has 4 rings (SSSR count). The molecule has 7 nitrogen and oxygen atoms in total. The van der Waals surface area contributed by atoms with Crippen LogP contribution in [0.3, 0.4) is 0 Å². The van der Waals surface area contributed by atoms with Gasteiger partial charge in [-0.25, -0.2) is 4.39 Å². The molecule has 2 saturated heterocycles. The van der Waals surface area contributed by atoms with Crippen molar-refractivity contribution in [1.82, 2.24) is 15.0 Å². The maximum absolute atomic E-state index is 13.5. The molecule has 2 fully saturated rings. The van der Waals surface area contributed by atoms with Gasteiger partial charge in [-0.05, 0) is 44.2 Å². The fourth-order valence-corrected chi connectivity index (χ4v) is 4.07. The minimum absolute atomic E-state index is 0.0129. The lowest BCUT2D eigenvalue weighted by Crippen LogP contribution is -2.45. The van der Waals surface area contributed by atoms with Crippen LogP contribution in [0, 0.1) is 5.82 Å². The molecule has 1 atom stereocenters.